The largest absolute Gasteiger partial charge is 0.493 e. The fourth-order valence-corrected chi connectivity index (χ4v) is 4.13. The summed E-state index contributed by atoms with van der Waals surface area (Å²) in [6.07, 6.45) is 0.531. The first-order valence-corrected chi connectivity index (χ1v) is 11.8. The summed E-state index contributed by atoms with van der Waals surface area (Å²) in [6, 6.07) is 16.6. The van der Waals surface area contributed by atoms with Gasteiger partial charge >= 0.3 is 0 Å². The lowest BCUT2D eigenvalue weighted by molar-refractivity contribution is -0.138. The third-order valence-corrected chi connectivity index (χ3v) is 6.14. The number of anilines is 1. The molecule has 0 unspecified atom stereocenters. The molecular formula is C28H29FN2O5. The van der Waals surface area contributed by atoms with Crippen molar-refractivity contribution in [3.63, 3.8) is 0 Å². The maximum absolute atomic E-state index is 13.2. The van der Waals surface area contributed by atoms with Gasteiger partial charge in [0.25, 0.3) is 11.8 Å². The highest BCUT2D eigenvalue weighted by Crippen LogP contribution is 2.31. The smallest absolute Gasteiger partial charge is 0.263 e. The second-order valence-electron chi connectivity index (χ2n) is 8.50. The van der Waals surface area contributed by atoms with Crippen molar-refractivity contribution < 1.29 is 28.2 Å². The number of benzene rings is 3. The fourth-order valence-electron chi connectivity index (χ4n) is 4.13. The minimum atomic E-state index is -0.591. The van der Waals surface area contributed by atoms with E-state index in [-0.39, 0.29) is 17.6 Å². The van der Waals surface area contributed by atoms with Gasteiger partial charge in [-0.25, -0.2) is 4.39 Å². The van der Waals surface area contributed by atoms with Crippen molar-refractivity contribution in [3.8, 4) is 17.2 Å². The molecule has 7 nitrogen and oxygen atoms in total. The average Bonchev–Trinajstić information content (AvgIpc) is 3.03. The molecule has 0 spiro atoms. The topological polar surface area (TPSA) is 77.1 Å². The molecule has 0 saturated heterocycles. The predicted molar refractivity (Wildman–Crippen MR) is 134 cm³/mol. The van der Waals surface area contributed by atoms with E-state index in [0.717, 1.165) is 11.1 Å². The lowest BCUT2D eigenvalue weighted by atomic mass is 10.1. The molecule has 3 aromatic rings. The molecule has 0 aromatic heterocycles. The molecule has 8 heteroatoms. The monoisotopic (exact) mass is 492 g/mol. The summed E-state index contributed by atoms with van der Waals surface area (Å²) in [6.45, 7) is 2.71. The summed E-state index contributed by atoms with van der Waals surface area (Å²) in [5.74, 6) is 0.922. The number of hydrogen-bond acceptors (Lipinski definition) is 5. The van der Waals surface area contributed by atoms with E-state index in [4.69, 9.17) is 14.2 Å². The van der Waals surface area contributed by atoms with Crippen molar-refractivity contribution in [3.05, 3.63) is 83.2 Å². The second kappa shape index (κ2) is 11.1. The number of carbonyl (C=O) groups excluding carboxylic acids is 2. The highest BCUT2D eigenvalue weighted by Gasteiger charge is 2.30. The molecule has 2 amide bonds. The number of ether oxygens (including phenoxy) is 3. The zero-order valence-electron chi connectivity index (χ0n) is 20.5. The van der Waals surface area contributed by atoms with E-state index < -0.39 is 6.10 Å². The maximum Gasteiger partial charge on any atom is 0.263 e. The number of rotatable bonds is 8. The van der Waals surface area contributed by atoms with Gasteiger partial charge < -0.3 is 24.4 Å². The van der Waals surface area contributed by atoms with Crippen molar-refractivity contribution >= 4 is 17.5 Å². The Morgan fingerprint density at radius 3 is 2.50 bits per heavy atom. The highest BCUT2D eigenvalue weighted by atomic mass is 19.1. The molecule has 188 valence electrons. The van der Waals surface area contributed by atoms with Gasteiger partial charge in [0.1, 0.15) is 11.6 Å². The first kappa shape index (κ1) is 25.0. The van der Waals surface area contributed by atoms with Crippen molar-refractivity contribution in [2.45, 2.75) is 32.4 Å². The van der Waals surface area contributed by atoms with Gasteiger partial charge in [0.15, 0.2) is 17.6 Å². The van der Waals surface area contributed by atoms with Gasteiger partial charge in [-0.1, -0.05) is 19.1 Å². The van der Waals surface area contributed by atoms with Crippen LogP contribution in [0.3, 0.4) is 0 Å². The van der Waals surface area contributed by atoms with E-state index in [0.29, 0.717) is 54.4 Å². The Balaban J connectivity index is 1.53. The number of methoxy groups -OCH3 is 2. The van der Waals surface area contributed by atoms with Crippen LogP contribution in [-0.4, -0.2) is 43.6 Å². The van der Waals surface area contributed by atoms with Crippen LogP contribution in [-0.2, 0) is 17.8 Å². The minimum absolute atomic E-state index is 0.0910. The maximum atomic E-state index is 13.2. The summed E-state index contributed by atoms with van der Waals surface area (Å²) >= 11 is 0. The van der Waals surface area contributed by atoms with Crippen molar-refractivity contribution in [1.29, 1.82) is 0 Å². The number of hydrogen-bond donors (Lipinski definition) is 1. The third-order valence-electron chi connectivity index (χ3n) is 6.14. The van der Waals surface area contributed by atoms with Crippen molar-refractivity contribution in [2.75, 3.05) is 26.1 Å². The van der Waals surface area contributed by atoms with E-state index in [1.807, 2.05) is 13.0 Å². The van der Waals surface area contributed by atoms with Crippen LogP contribution >= 0.6 is 0 Å². The highest BCUT2D eigenvalue weighted by molar-refractivity contribution is 6.04. The van der Waals surface area contributed by atoms with E-state index >= 15 is 0 Å². The quantitative estimate of drug-likeness (QED) is 0.487. The predicted octanol–water partition coefficient (Wildman–Crippen LogP) is 4.84. The molecule has 0 bridgehead atoms. The molecule has 3 aromatic carbocycles. The van der Waals surface area contributed by atoms with E-state index in [1.54, 1.807) is 47.4 Å². The van der Waals surface area contributed by atoms with Crippen LogP contribution < -0.4 is 19.5 Å². The molecule has 0 radical (unpaired) electrons. The molecule has 4 rings (SSSR count). The number of carbonyl (C=O) groups is 2. The van der Waals surface area contributed by atoms with Crippen LogP contribution in [0.2, 0.25) is 0 Å². The number of fused-ring (bicyclic) bond motifs is 1. The zero-order valence-corrected chi connectivity index (χ0v) is 20.5. The lowest BCUT2D eigenvalue weighted by Gasteiger charge is -2.23. The Bertz CT molecular complexity index is 1250. The number of nitrogens with zero attached hydrogens (tertiary/aromatic N) is 1. The molecular weight excluding hydrogens is 463 g/mol. The molecule has 1 aliphatic rings. The fraction of sp³-hybridized carbons (Fsp3) is 0.286. The SMILES string of the molecule is CC[C@H]1Oc2ccc(NC(=O)c3ccc(OC)c(OC)c3)cc2CN(CCc2ccc(F)cc2)C1=O. The van der Waals surface area contributed by atoms with Gasteiger partial charge in [-0.3, -0.25) is 9.59 Å². The van der Waals surface area contributed by atoms with Crippen LogP contribution in [0.4, 0.5) is 10.1 Å². The Morgan fingerprint density at radius 1 is 1.06 bits per heavy atom. The number of halogens is 1. The Labute approximate surface area is 209 Å². The van der Waals surface area contributed by atoms with Gasteiger partial charge in [0.05, 0.1) is 14.2 Å². The number of nitrogens with one attached hydrogen (secondary N) is 1. The lowest BCUT2D eigenvalue weighted by Crippen LogP contribution is -2.40. The van der Waals surface area contributed by atoms with E-state index in [1.165, 1.54) is 26.4 Å². The standard InChI is InChI=1S/C28H29FN2O5/c1-4-23-28(33)31(14-13-18-5-8-21(29)9-6-18)17-20-15-22(10-12-24(20)36-23)30-27(32)19-7-11-25(34-2)26(16-19)35-3/h5-12,15-16,23H,4,13-14,17H2,1-3H3,(H,30,32)/t23-/m1/s1. The first-order valence-electron chi connectivity index (χ1n) is 11.8. The van der Waals surface area contributed by atoms with Crippen LogP contribution in [0.1, 0.15) is 34.8 Å². The van der Waals surface area contributed by atoms with Crippen LogP contribution in [0.15, 0.2) is 60.7 Å². The second-order valence-corrected chi connectivity index (χ2v) is 8.50. The van der Waals surface area contributed by atoms with Gasteiger partial charge in [-0.2, -0.15) is 0 Å². The number of amides is 2. The summed E-state index contributed by atoms with van der Waals surface area (Å²) in [5, 5.41) is 2.90. The molecule has 1 atom stereocenters. The first-order chi connectivity index (χ1) is 17.4. The Morgan fingerprint density at radius 2 is 1.81 bits per heavy atom. The van der Waals surface area contributed by atoms with Crippen molar-refractivity contribution in [1.82, 2.24) is 4.90 Å². The molecule has 0 saturated carbocycles. The summed E-state index contributed by atoms with van der Waals surface area (Å²) < 4.78 is 29.8. The van der Waals surface area contributed by atoms with Crippen LogP contribution in [0.5, 0.6) is 17.2 Å². The molecule has 36 heavy (non-hydrogen) atoms. The molecule has 1 N–H and O–H groups in total. The van der Waals surface area contributed by atoms with Crippen molar-refractivity contribution in [2.24, 2.45) is 0 Å². The molecule has 1 aliphatic heterocycles. The Hall–Kier alpha value is -4.07. The van der Waals surface area contributed by atoms with E-state index in [2.05, 4.69) is 5.32 Å². The third kappa shape index (κ3) is 5.59. The summed E-state index contributed by atoms with van der Waals surface area (Å²) in [4.78, 5) is 27.8. The van der Waals surface area contributed by atoms with Gasteiger partial charge in [-0.05, 0) is 66.9 Å². The zero-order chi connectivity index (χ0) is 25.7. The van der Waals surface area contributed by atoms with Crippen LogP contribution in [0.25, 0.3) is 0 Å². The summed E-state index contributed by atoms with van der Waals surface area (Å²) in [7, 11) is 3.05. The molecule has 1 heterocycles. The normalized spacial score (nSPS) is 14.9. The minimum Gasteiger partial charge on any atom is -0.493 e. The summed E-state index contributed by atoms with van der Waals surface area (Å²) in [5.41, 5.74) is 2.74. The average molecular weight is 493 g/mol. The van der Waals surface area contributed by atoms with Crippen LogP contribution in [0, 0.1) is 5.82 Å². The van der Waals surface area contributed by atoms with Gasteiger partial charge in [0, 0.05) is 29.9 Å². The van der Waals surface area contributed by atoms with Gasteiger partial charge in [-0.15, -0.1) is 0 Å². The van der Waals surface area contributed by atoms with E-state index in [9.17, 15) is 14.0 Å². The van der Waals surface area contributed by atoms with Gasteiger partial charge in [0.2, 0.25) is 0 Å². The molecule has 0 fully saturated rings. The Kier molecular flexibility index (Phi) is 7.73. The molecule has 0 aliphatic carbocycles.